The Balaban J connectivity index is 1.72. The molecule has 0 aliphatic rings. The minimum atomic E-state index is -2.98. The number of para-hydroxylation sites is 2. The van der Waals surface area contributed by atoms with Gasteiger partial charge in [-0.05, 0) is 25.1 Å². The molecule has 0 saturated carbocycles. The summed E-state index contributed by atoms with van der Waals surface area (Å²) in [5, 5.41) is 11.6. The number of hydrogen-bond donors (Lipinski definition) is 1. The topological polar surface area (TPSA) is 69.0 Å². The molecule has 0 atom stereocenters. The third-order valence-corrected chi connectivity index (χ3v) is 4.98. The molecule has 0 radical (unpaired) electrons. The van der Waals surface area contributed by atoms with E-state index in [-0.39, 0.29) is 23.1 Å². The molecule has 2 aromatic carbocycles. The molecule has 6 nitrogen and oxygen atoms in total. The van der Waals surface area contributed by atoms with Gasteiger partial charge in [0.25, 0.3) is 0 Å². The van der Waals surface area contributed by atoms with Crippen LogP contribution >= 0.6 is 11.8 Å². The van der Waals surface area contributed by atoms with E-state index >= 15 is 0 Å². The second-order valence-electron chi connectivity index (χ2n) is 6.29. The van der Waals surface area contributed by atoms with E-state index in [9.17, 15) is 13.6 Å². The van der Waals surface area contributed by atoms with E-state index in [1.807, 2.05) is 35.8 Å². The number of benzene rings is 2. The van der Waals surface area contributed by atoms with E-state index in [4.69, 9.17) is 0 Å². The van der Waals surface area contributed by atoms with Crippen LogP contribution in [0.25, 0.3) is 11.4 Å². The van der Waals surface area contributed by atoms with Crippen molar-refractivity contribution in [3.8, 4) is 17.1 Å². The van der Waals surface area contributed by atoms with Gasteiger partial charge < -0.3 is 10.1 Å². The van der Waals surface area contributed by atoms with Gasteiger partial charge in [-0.1, -0.05) is 53.7 Å². The molecule has 1 N–H and O–H groups in total. The van der Waals surface area contributed by atoms with Crippen LogP contribution in [0.3, 0.4) is 0 Å². The van der Waals surface area contributed by atoms with Gasteiger partial charge in [0.15, 0.2) is 11.0 Å². The first-order valence-corrected chi connectivity index (χ1v) is 10.0. The fourth-order valence-electron chi connectivity index (χ4n) is 2.77. The summed E-state index contributed by atoms with van der Waals surface area (Å²) in [6, 6.07) is 13.9. The van der Waals surface area contributed by atoms with Gasteiger partial charge >= 0.3 is 6.61 Å². The van der Waals surface area contributed by atoms with Crippen molar-refractivity contribution in [2.75, 3.05) is 11.1 Å². The average Bonchev–Trinajstić information content (AvgIpc) is 3.10. The molecule has 0 unspecified atom stereocenters. The van der Waals surface area contributed by atoms with E-state index in [0.29, 0.717) is 17.5 Å². The van der Waals surface area contributed by atoms with Crippen molar-refractivity contribution in [1.29, 1.82) is 0 Å². The lowest BCUT2D eigenvalue weighted by Gasteiger charge is -2.11. The summed E-state index contributed by atoms with van der Waals surface area (Å²) in [6.07, 6.45) is 1.73. The van der Waals surface area contributed by atoms with Gasteiger partial charge in [-0.25, -0.2) is 0 Å². The smallest absolute Gasteiger partial charge is 0.387 e. The summed E-state index contributed by atoms with van der Waals surface area (Å²) in [6.45, 7) is 3.27. The summed E-state index contributed by atoms with van der Waals surface area (Å²) in [4.78, 5) is 12.4. The second kappa shape index (κ2) is 10.0. The highest BCUT2D eigenvalue weighted by molar-refractivity contribution is 7.99. The molecular weight excluding hydrogens is 410 g/mol. The number of ether oxygens (including phenoxy) is 1. The number of amides is 1. The molecule has 0 aliphatic carbocycles. The van der Waals surface area contributed by atoms with Crippen molar-refractivity contribution < 1.29 is 18.3 Å². The van der Waals surface area contributed by atoms with Crippen molar-refractivity contribution in [2.24, 2.45) is 0 Å². The average molecular weight is 430 g/mol. The van der Waals surface area contributed by atoms with Crippen molar-refractivity contribution in [2.45, 2.75) is 25.2 Å². The van der Waals surface area contributed by atoms with Crippen LogP contribution in [0.1, 0.15) is 5.56 Å². The number of nitrogens with one attached hydrogen (secondary N) is 1. The lowest BCUT2D eigenvalue weighted by molar-refractivity contribution is -0.113. The molecule has 0 spiro atoms. The number of aryl methyl sites for hydroxylation is 1. The number of allylic oxidation sites excluding steroid dienone is 1. The first-order chi connectivity index (χ1) is 14.5. The summed E-state index contributed by atoms with van der Waals surface area (Å²) in [5.41, 5.74) is 2.19. The largest absolute Gasteiger partial charge is 0.433 e. The Hall–Kier alpha value is -3.20. The van der Waals surface area contributed by atoms with Crippen LogP contribution in [0.15, 0.2) is 66.3 Å². The van der Waals surface area contributed by atoms with Gasteiger partial charge in [0, 0.05) is 12.1 Å². The van der Waals surface area contributed by atoms with Gasteiger partial charge in [-0.2, -0.15) is 8.78 Å². The molecule has 0 fully saturated rings. The molecule has 3 aromatic rings. The molecule has 9 heteroatoms. The Morgan fingerprint density at radius 3 is 2.80 bits per heavy atom. The van der Waals surface area contributed by atoms with Gasteiger partial charge in [-0.15, -0.1) is 16.8 Å². The van der Waals surface area contributed by atoms with Crippen molar-refractivity contribution in [3.63, 3.8) is 0 Å². The van der Waals surface area contributed by atoms with Gasteiger partial charge in [0.2, 0.25) is 5.91 Å². The number of rotatable bonds is 9. The third kappa shape index (κ3) is 5.44. The zero-order chi connectivity index (χ0) is 21.5. The van der Waals surface area contributed by atoms with E-state index < -0.39 is 6.61 Å². The zero-order valence-electron chi connectivity index (χ0n) is 16.2. The fourth-order valence-corrected chi connectivity index (χ4v) is 3.52. The number of alkyl halides is 2. The first kappa shape index (κ1) is 21.5. The van der Waals surface area contributed by atoms with Gasteiger partial charge in [0.1, 0.15) is 5.75 Å². The van der Waals surface area contributed by atoms with Crippen LogP contribution in [0.4, 0.5) is 14.5 Å². The molecule has 156 valence electrons. The highest BCUT2D eigenvalue weighted by atomic mass is 32.2. The fraction of sp³-hybridized carbons (Fsp3) is 0.190. The first-order valence-electron chi connectivity index (χ1n) is 9.05. The van der Waals surface area contributed by atoms with Crippen molar-refractivity contribution in [3.05, 3.63) is 66.7 Å². The summed E-state index contributed by atoms with van der Waals surface area (Å²) >= 11 is 1.19. The molecule has 0 saturated heterocycles. The minimum absolute atomic E-state index is 0.0199. The van der Waals surface area contributed by atoms with Gasteiger partial charge in [0.05, 0.1) is 11.4 Å². The SMILES string of the molecule is C=CCn1c(SCC(=O)Nc2ccccc2OC(F)F)nnc1-c1cccc(C)c1. The zero-order valence-corrected chi connectivity index (χ0v) is 17.0. The summed E-state index contributed by atoms with van der Waals surface area (Å²) in [5.74, 6) is 0.224. The summed E-state index contributed by atoms with van der Waals surface area (Å²) < 4.78 is 31.4. The molecule has 1 aromatic heterocycles. The van der Waals surface area contributed by atoms with Crippen LogP contribution in [-0.4, -0.2) is 33.0 Å². The Morgan fingerprint density at radius 1 is 1.27 bits per heavy atom. The Labute approximate surface area is 177 Å². The quantitative estimate of drug-likeness (QED) is 0.391. The minimum Gasteiger partial charge on any atom is -0.433 e. The molecule has 30 heavy (non-hydrogen) atoms. The van der Waals surface area contributed by atoms with Crippen LogP contribution in [-0.2, 0) is 11.3 Å². The van der Waals surface area contributed by atoms with Gasteiger partial charge in [-0.3, -0.25) is 9.36 Å². The molecule has 1 heterocycles. The monoisotopic (exact) mass is 430 g/mol. The van der Waals surface area contributed by atoms with E-state index in [1.54, 1.807) is 18.2 Å². The Kier molecular flexibility index (Phi) is 7.18. The van der Waals surface area contributed by atoms with Crippen LogP contribution in [0.2, 0.25) is 0 Å². The number of carbonyl (C=O) groups excluding carboxylic acids is 1. The van der Waals surface area contributed by atoms with Crippen molar-refractivity contribution >= 4 is 23.4 Å². The number of carbonyl (C=O) groups is 1. The Bertz CT molecular complexity index is 1040. The van der Waals surface area contributed by atoms with E-state index in [2.05, 4.69) is 26.8 Å². The number of hydrogen-bond acceptors (Lipinski definition) is 5. The molecular formula is C21H20F2N4O2S. The van der Waals surface area contributed by atoms with Crippen molar-refractivity contribution in [1.82, 2.24) is 14.8 Å². The number of halogens is 2. The highest BCUT2D eigenvalue weighted by Gasteiger charge is 2.16. The van der Waals surface area contributed by atoms with E-state index in [0.717, 1.165) is 11.1 Å². The number of aromatic nitrogens is 3. The van der Waals surface area contributed by atoms with Crippen LogP contribution in [0, 0.1) is 6.92 Å². The standard InChI is InChI=1S/C21H20F2N4O2S/c1-3-11-27-19(15-8-6-7-14(2)12-15)25-26-21(27)30-13-18(28)24-16-9-4-5-10-17(16)29-20(22)23/h3-10,12,20H,1,11,13H2,2H3,(H,24,28). The maximum atomic E-state index is 12.5. The normalized spacial score (nSPS) is 10.8. The number of anilines is 1. The predicted octanol–water partition coefficient (Wildman–Crippen LogP) is 4.77. The van der Waals surface area contributed by atoms with Crippen LogP contribution in [0.5, 0.6) is 5.75 Å². The Morgan fingerprint density at radius 2 is 2.07 bits per heavy atom. The number of thioether (sulfide) groups is 1. The highest BCUT2D eigenvalue weighted by Crippen LogP contribution is 2.27. The lowest BCUT2D eigenvalue weighted by Crippen LogP contribution is -2.16. The predicted molar refractivity (Wildman–Crippen MR) is 113 cm³/mol. The molecule has 0 aliphatic heterocycles. The maximum Gasteiger partial charge on any atom is 0.387 e. The second-order valence-corrected chi connectivity index (χ2v) is 7.23. The maximum absolute atomic E-state index is 12.5. The van der Waals surface area contributed by atoms with E-state index in [1.165, 1.54) is 23.9 Å². The lowest BCUT2D eigenvalue weighted by atomic mass is 10.1. The molecule has 1 amide bonds. The molecule has 0 bridgehead atoms. The third-order valence-electron chi connectivity index (χ3n) is 4.01. The number of nitrogens with zero attached hydrogens (tertiary/aromatic N) is 3. The summed E-state index contributed by atoms with van der Waals surface area (Å²) in [7, 11) is 0. The van der Waals surface area contributed by atoms with Crippen LogP contribution < -0.4 is 10.1 Å². The molecule has 3 rings (SSSR count).